The van der Waals surface area contributed by atoms with E-state index in [0.717, 1.165) is 22.0 Å². The molecule has 0 saturated heterocycles. The van der Waals surface area contributed by atoms with Gasteiger partial charge >= 0.3 is 5.97 Å². The summed E-state index contributed by atoms with van der Waals surface area (Å²) in [6, 6.07) is 18.5. The lowest BCUT2D eigenvalue weighted by molar-refractivity contribution is 0.0732. The van der Waals surface area contributed by atoms with E-state index >= 15 is 0 Å². The molecule has 0 spiro atoms. The fourth-order valence-electron chi connectivity index (χ4n) is 4.06. The van der Waals surface area contributed by atoms with E-state index in [-0.39, 0.29) is 11.5 Å². The largest absolute Gasteiger partial charge is 0.452 e. The van der Waals surface area contributed by atoms with Crippen molar-refractivity contribution in [3.8, 4) is 11.5 Å². The number of rotatable bonds is 3. The van der Waals surface area contributed by atoms with Crippen LogP contribution in [-0.4, -0.2) is 16.3 Å². The second-order valence-corrected chi connectivity index (χ2v) is 7.92. The summed E-state index contributed by atoms with van der Waals surface area (Å²) in [5, 5.41) is 1.04. The molecule has 1 aliphatic rings. The van der Waals surface area contributed by atoms with Crippen molar-refractivity contribution in [3.05, 3.63) is 100 Å². The van der Waals surface area contributed by atoms with Crippen LogP contribution in [0.15, 0.2) is 72.6 Å². The first-order chi connectivity index (χ1) is 15.4. The fraction of sp³-hybridized carbons (Fsp3) is 0.111. The van der Waals surface area contributed by atoms with Crippen LogP contribution in [0.2, 0.25) is 0 Å². The van der Waals surface area contributed by atoms with E-state index < -0.39 is 5.97 Å². The van der Waals surface area contributed by atoms with Crippen LogP contribution in [0, 0.1) is 13.8 Å². The first kappa shape index (κ1) is 19.8. The van der Waals surface area contributed by atoms with Gasteiger partial charge in [0.15, 0.2) is 5.76 Å². The highest BCUT2D eigenvalue weighted by Crippen LogP contribution is 2.40. The molecule has 5 nitrogen and oxygen atoms in total. The number of aryl methyl sites for hydroxylation is 2. The lowest BCUT2D eigenvalue weighted by Gasteiger charge is -2.11. The quantitative estimate of drug-likeness (QED) is 0.243. The van der Waals surface area contributed by atoms with E-state index in [1.54, 1.807) is 37.3 Å². The Morgan fingerprint density at radius 2 is 1.75 bits per heavy atom. The topological polar surface area (TPSA) is 57.5 Å². The SMILES string of the molecule is Cc1ccccc1C(=O)Oc1ccc2c(c1C)O/C(=C/c1cn(C)c3ccccc13)C2=O. The van der Waals surface area contributed by atoms with Crippen LogP contribution in [0.4, 0.5) is 0 Å². The van der Waals surface area contributed by atoms with E-state index in [0.29, 0.717) is 28.2 Å². The molecule has 0 amide bonds. The van der Waals surface area contributed by atoms with E-state index in [4.69, 9.17) is 9.47 Å². The Labute approximate surface area is 185 Å². The van der Waals surface area contributed by atoms with Crippen molar-refractivity contribution in [2.75, 3.05) is 0 Å². The zero-order valence-electron chi connectivity index (χ0n) is 18.0. The first-order valence-electron chi connectivity index (χ1n) is 10.3. The molecule has 2 heterocycles. The summed E-state index contributed by atoms with van der Waals surface area (Å²) in [7, 11) is 1.97. The smallest absolute Gasteiger partial charge is 0.343 e. The Hall–Kier alpha value is -4.12. The van der Waals surface area contributed by atoms with Crippen LogP contribution in [0.1, 0.15) is 37.4 Å². The molecule has 5 heteroatoms. The van der Waals surface area contributed by atoms with Crippen molar-refractivity contribution in [1.29, 1.82) is 0 Å². The highest BCUT2D eigenvalue weighted by Gasteiger charge is 2.31. The minimum Gasteiger partial charge on any atom is -0.452 e. The summed E-state index contributed by atoms with van der Waals surface area (Å²) in [6.07, 6.45) is 3.74. The molecule has 1 aromatic heterocycles. The van der Waals surface area contributed by atoms with Gasteiger partial charge in [0.25, 0.3) is 0 Å². The average Bonchev–Trinajstić information content (AvgIpc) is 3.28. The molecule has 4 aromatic rings. The average molecular weight is 423 g/mol. The van der Waals surface area contributed by atoms with E-state index in [9.17, 15) is 9.59 Å². The number of para-hydroxylation sites is 1. The van der Waals surface area contributed by atoms with Crippen LogP contribution < -0.4 is 9.47 Å². The summed E-state index contributed by atoms with van der Waals surface area (Å²) >= 11 is 0. The van der Waals surface area contributed by atoms with Gasteiger partial charge in [-0.05, 0) is 49.8 Å². The van der Waals surface area contributed by atoms with E-state index in [1.165, 1.54) is 0 Å². The van der Waals surface area contributed by atoms with Gasteiger partial charge in [-0.25, -0.2) is 4.79 Å². The van der Waals surface area contributed by atoms with Gasteiger partial charge in [0, 0.05) is 35.3 Å². The normalized spacial score (nSPS) is 14.0. The number of fused-ring (bicyclic) bond motifs is 2. The Balaban J connectivity index is 1.47. The number of ketones is 1. The molecular formula is C27H21NO4. The Morgan fingerprint density at radius 1 is 1.00 bits per heavy atom. The monoisotopic (exact) mass is 423 g/mol. The standard InChI is InChI=1S/C27H21NO4/c1-16-8-4-5-9-19(16)27(30)32-23-13-12-21-25(29)24(31-26(21)17(23)2)14-18-15-28(3)22-11-7-6-10-20(18)22/h4-15H,1-3H3/b24-14+. The second-order valence-electron chi connectivity index (χ2n) is 7.92. The number of carbonyl (C=O) groups excluding carboxylic acids is 2. The Kier molecular flexibility index (Phi) is 4.67. The van der Waals surface area contributed by atoms with Crippen molar-refractivity contribution in [1.82, 2.24) is 4.57 Å². The summed E-state index contributed by atoms with van der Waals surface area (Å²) < 4.78 is 13.6. The number of hydrogen-bond acceptors (Lipinski definition) is 4. The van der Waals surface area contributed by atoms with Gasteiger partial charge in [-0.1, -0.05) is 36.4 Å². The second kappa shape index (κ2) is 7.54. The number of benzene rings is 3. The number of ether oxygens (including phenoxy) is 2. The predicted octanol–water partition coefficient (Wildman–Crippen LogP) is 5.63. The minimum atomic E-state index is -0.443. The van der Waals surface area contributed by atoms with Crippen molar-refractivity contribution >= 4 is 28.7 Å². The number of hydrogen-bond donors (Lipinski definition) is 0. The number of carbonyl (C=O) groups is 2. The number of aromatic nitrogens is 1. The third-order valence-corrected chi connectivity index (χ3v) is 5.82. The lowest BCUT2D eigenvalue weighted by atomic mass is 10.1. The molecule has 32 heavy (non-hydrogen) atoms. The van der Waals surface area contributed by atoms with Gasteiger partial charge in [-0.2, -0.15) is 0 Å². The fourth-order valence-corrected chi connectivity index (χ4v) is 4.06. The van der Waals surface area contributed by atoms with Crippen molar-refractivity contribution < 1.29 is 19.1 Å². The molecule has 0 saturated carbocycles. The highest BCUT2D eigenvalue weighted by molar-refractivity contribution is 6.15. The van der Waals surface area contributed by atoms with Crippen molar-refractivity contribution in [2.45, 2.75) is 13.8 Å². The van der Waals surface area contributed by atoms with Gasteiger partial charge in [0.1, 0.15) is 11.5 Å². The molecule has 1 aliphatic heterocycles. The van der Waals surface area contributed by atoms with Gasteiger partial charge in [0.05, 0.1) is 11.1 Å². The van der Waals surface area contributed by atoms with Gasteiger partial charge < -0.3 is 14.0 Å². The third-order valence-electron chi connectivity index (χ3n) is 5.82. The molecular weight excluding hydrogens is 402 g/mol. The van der Waals surface area contributed by atoms with E-state index in [2.05, 4.69) is 0 Å². The molecule has 0 unspecified atom stereocenters. The van der Waals surface area contributed by atoms with Crippen LogP contribution in [-0.2, 0) is 7.05 Å². The maximum Gasteiger partial charge on any atom is 0.343 e. The molecule has 5 rings (SSSR count). The molecule has 0 atom stereocenters. The van der Waals surface area contributed by atoms with Crippen molar-refractivity contribution in [3.63, 3.8) is 0 Å². The zero-order chi connectivity index (χ0) is 22.4. The van der Waals surface area contributed by atoms with Crippen LogP contribution >= 0.6 is 0 Å². The summed E-state index contributed by atoms with van der Waals surface area (Å²) in [6.45, 7) is 3.64. The minimum absolute atomic E-state index is 0.187. The first-order valence-corrected chi connectivity index (χ1v) is 10.3. The molecule has 0 N–H and O–H groups in total. The molecule has 0 fully saturated rings. The van der Waals surface area contributed by atoms with Crippen molar-refractivity contribution in [2.24, 2.45) is 7.05 Å². The predicted molar refractivity (Wildman–Crippen MR) is 123 cm³/mol. The van der Waals surface area contributed by atoms with Gasteiger partial charge in [-0.15, -0.1) is 0 Å². The molecule has 0 bridgehead atoms. The highest BCUT2D eigenvalue weighted by atomic mass is 16.5. The maximum atomic E-state index is 13.0. The lowest BCUT2D eigenvalue weighted by Crippen LogP contribution is -2.11. The van der Waals surface area contributed by atoms with Gasteiger partial charge in [-0.3, -0.25) is 4.79 Å². The van der Waals surface area contributed by atoms with E-state index in [1.807, 2.05) is 61.1 Å². The number of Topliss-reactive ketones (excluding diaryl/α,β-unsaturated/α-hetero) is 1. The summed E-state index contributed by atoms with van der Waals surface area (Å²) in [4.78, 5) is 25.6. The Morgan fingerprint density at radius 3 is 2.56 bits per heavy atom. The maximum absolute atomic E-state index is 13.0. The van der Waals surface area contributed by atoms with Crippen LogP contribution in [0.25, 0.3) is 17.0 Å². The van der Waals surface area contributed by atoms with Crippen LogP contribution in [0.5, 0.6) is 11.5 Å². The number of nitrogens with zero attached hydrogens (tertiary/aromatic N) is 1. The molecule has 0 aliphatic carbocycles. The van der Waals surface area contributed by atoms with Crippen LogP contribution in [0.3, 0.4) is 0 Å². The molecule has 3 aromatic carbocycles. The molecule has 0 radical (unpaired) electrons. The Bertz CT molecular complexity index is 1440. The molecule has 158 valence electrons. The third kappa shape index (κ3) is 3.19. The summed E-state index contributed by atoms with van der Waals surface area (Å²) in [5.74, 6) is 0.421. The summed E-state index contributed by atoms with van der Waals surface area (Å²) in [5.41, 5.74) is 4.39. The number of allylic oxidation sites excluding steroid dienone is 1. The van der Waals surface area contributed by atoms with Gasteiger partial charge in [0.2, 0.25) is 5.78 Å². The number of esters is 1. The zero-order valence-corrected chi connectivity index (χ0v) is 18.0.